The van der Waals surface area contributed by atoms with E-state index in [0.717, 1.165) is 12.1 Å². The van der Waals surface area contributed by atoms with Gasteiger partial charge in [-0.25, -0.2) is 8.78 Å². The van der Waals surface area contributed by atoms with E-state index in [1.54, 1.807) is 18.2 Å². The number of halogens is 2. The minimum atomic E-state index is -0.916. The van der Waals surface area contributed by atoms with Gasteiger partial charge in [-0.1, -0.05) is 6.07 Å². The second kappa shape index (κ2) is 9.01. The van der Waals surface area contributed by atoms with Gasteiger partial charge in [0, 0.05) is 12.5 Å². The van der Waals surface area contributed by atoms with Crippen molar-refractivity contribution in [2.75, 3.05) is 18.5 Å². The van der Waals surface area contributed by atoms with Crippen molar-refractivity contribution in [1.29, 1.82) is 0 Å². The third kappa shape index (κ3) is 5.45. The van der Waals surface area contributed by atoms with Crippen LogP contribution in [0.4, 0.5) is 14.5 Å². The highest BCUT2D eigenvalue weighted by Crippen LogP contribution is 2.29. The van der Waals surface area contributed by atoms with Gasteiger partial charge in [0.1, 0.15) is 11.5 Å². The zero-order valence-electron chi connectivity index (χ0n) is 14.3. The molecular weight excluding hydrogens is 328 g/mol. The van der Waals surface area contributed by atoms with E-state index in [-0.39, 0.29) is 12.3 Å². The summed E-state index contributed by atoms with van der Waals surface area (Å²) in [5.41, 5.74) is 1.07. The third-order valence-corrected chi connectivity index (χ3v) is 3.46. The molecule has 0 fully saturated rings. The van der Waals surface area contributed by atoms with Crippen molar-refractivity contribution in [1.82, 2.24) is 0 Å². The summed E-state index contributed by atoms with van der Waals surface area (Å²) in [7, 11) is 0. The number of carbonyl (C=O) groups is 1. The standard InChI is InChI=1S/C19H21F2NO3/c1-3-24-14-7-9-18(25-4-2)17(12-14)22-19(23)10-6-13-5-8-15(20)16(21)11-13/h5,7-9,11-12H,3-4,6,10H2,1-2H3,(H,22,23). The topological polar surface area (TPSA) is 47.6 Å². The maximum atomic E-state index is 13.2. The van der Waals surface area contributed by atoms with E-state index >= 15 is 0 Å². The van der Waals surface area contributed by atoms with Crippen LogP contribution in [0.5, 0.6) is 11.5 Å². The molecule has 0 saturated heterocycles. The van der Waals surface area contributed by atoms with Crippen molar-refractivity contribution >= 4 is 11.6 Å². The zero-order chi connectivity index (χ0) is 18.2. The highest BCUT2D eigenvalue weighted by atomic mass is 19.2. The Morgan fingerprint density at radius 2 is 1.76 bits per heavy atom. The Hall–Kier alpha value is -2.63. The van der Waals surface area contributed by atoms with Crippen LogP contribution >= 0.6 is 0 Å². The van der Waals surface area contributed by atoms with Gasteiger partial charge in [-0.15, -0.1) is 0 Å². The Morgan fingerprint density at radius 1 is 1.00 bits per heavy atom. The molecule has 0 heterocycles. The van der Waals surface area contributed by atoms with Crippen LogP contribution in [-0.2, 0) is 11.2 Å². The average molecular weight is 349 g/mol. The SMILES string of the molecule is CCOc1ccc(OCC)c(NC(=O)CCc2ccc(F)c(F)c2)c1. The first-order chi connectivity index (χ1) is 12.0. The molecule has 0 aromatic heterocycles. The van der Waals surface area contributed by atoms with E-state index in [2.05, 4.69) is 5.32 Å². The summed E-state index contributed by atoms with van der Waals surface area (Å²) in [6, 6.07) is 8.83. The highest BCUT2D eigenvalue weighted by molar-refractivity contribution is 5.92. The van der Waals surface area contributed by atoms with E-state index in [4.69, 9.17) is 9.47 Å². The second-order valence-corrected chi connectivity index (χ2v) is 5.32. The predicted molar refractivity (Wildman–Crippen MR) is 92.1 cm³/mol. The summed E-state index contributed by atoms with van der Waals surface area (Å²) < 4.78 is 37.1. The van der Waals surface area contributed by atoms with E-state index in [1.807, 2.05) is 13.8 Å². The van der Waals surface area contributed by atoms with E-state index in [1.165, 1.54) is 6.07 Å². The molecule has 2 aromatic rings. The van der Waals surface area contributed by atoms with Crippen LogP contribution < -0.4 is 14.8 Å². The number of amides is 1. The molecule has 0 aliphatic rings. The van der Waals surface area contributed by atoms with Crippen molar-refractivity contribution in [3.63, 3.8) is 0 Å². The molecule has 0 atom stereocenters. The summed E-state index contributed by atoms with van der Waals surface area (Å²) in [4.78, 5) is 12.2. The fourth-order valence-electron chi connectivity index (χ4n) is 2.31. The van der Waals surface area contributed by atoms with E-state index in [0.29, 0.717) is 42.4 Å². The van der Waals surface area contributed by atoms with Gasteiger partial charge < -0.3 is 14.8 Å². The zero-order valence-corrected chi connectivity index (χ0v) is 14.3. The lowest BCUT2D eigenvalue weighted by Gasteiger charge is -2.13. The number of carbonyl (C=O) groups excluding carboxylic acids is 1. The first kappa shape index (κ1) is 18.7. The van der Waals surface area contributed by atoms with Gasteiger partial charge in [0.15, 0.2) is 11.6 Å². The molecule has 0 radical (unpaired) electrons. The minimum Gasteiger partial charge on any atom is -0.494 e. The molecule has 6 heteroatoms. The van der Waals surface area contributed by atoms with Crippen LogP contribution in [0.2, 0.25) is 0 Å². The Morgan fingerprint density at radius 3 is 2.44 bits per heavy atom. The van der Waals surface area contributed by atoms with Crippen molar-refractivity contribution in [2.24, 2.45) is 0 Å². The Bertz CT molecular complexity index is 735. The molecule has 0 bridgehead atoms. The van der Waals surface area contributed by atoms with Gasteiger partial charge in [0.25, 0.3) is 0 Å². The lowest BCUT2D eigenvalue weighted by atomic mass is 10.1. The Labute approximate surface area is 145 Å². The van der Waals surface area contributed by atoms with Crippen LogP contribution in [0, 0.1) is 11.6 Å². The normalized spacial score (nSPS) is 10.4. The number of hydrogen-bond donors (Lipinski definition) is 1. The smallest absolute Gasteiger partial charge is 0.224 e. The van der Waals surface area contributed by atoms with Gasteiger partial charge in [-0.05, 0) is 50.1 Å². The summed E-state index contributed by atoms with van der Waals surface area (Å²) in [6.45, 7) is 4.70. The van der Waals surface area contributed by atoms with Crippen molar-refractivity contribution < 1.29 is 23.0 Å². The molecule has 0 unspecified atom stereocenters. The number of hydrogen-bond acceptors (Lipinski definition) is 3. The highest BCUT2D eigenvalue weighted by Gasteiger charge is 2.11. The molecule has 134 valence electrons. The third-order valence-electron chi connectivity index (χ3n) is 3.46. The first-order valence-corrected chi connectivity index (χ1v) is 8.17. The van der Waals surface area contributed by atoms with E-state index in [9.17, 15) is 13.6 Å². The van der Waals surface area contributed by atoms with Crippen LogP contribution in [0.3, 0.4) is 0 Å². The summed E-state index contributed by atoms with van der Waals surface area (Å²) in [5, 5.41) is 2.78. The fraction of sp³-hybridized carbons (Fsp3) is 0.316. The van der Waals surface area contributed by atoms with Crippen molar-refractivity contribution in [3.8, 4) is 11.5 Å². The molecule has 1 N–H and O–H groups in total. The molecule has 4 nitrogen and oxygen atoms in total. The maximum absolute atomic E-state index is 13.2. The molecule has 25 heavy (non-hydrogen) atoms. The summed E-state index contributed by atoms with van der Waals surface area (Å²) >= 11 is 0. The van der Waals surface area contributed by atoms with Gasteiger partial charge in [-0.3, -0.25) is 4.79 Å². The van der Waals surface area contributed by atoms with Crippen LogP contribution in [-0.4, -0.2) is 19.1 Å². The number of rotatable bonds is 8. The average Bonchev–Trinajstić information content (AvgIpc) is 2.59. The molecule has 1 amide bonds. The molecule has 2 rings (SSSR count). The lowest BCUT2D eigenvalue weighted by Crippen LogP contribution is -2.13. The van der Waals surface area contributed by atoms with Gasteiger partial charge >= 0.3 is 0 Å². The Kier molecular flexibility index (Phi) is 6.74. The quantitative estimate of drug-likeness (QED) is 0.771. The molecule has 0 aliphatic heterocycles. The molecule has 2 aromatic carbocycles. The lowest BCUT2D eigenvalue weighted by molar-refractivity contribution is -0.116. The minimum absolute atomic E-state index is 0.134. The van der Waals surface area contributed by atoms with Crippen LogP contribution in [0.15, 0.2) is 36.4 Å². The maximum Gasteiger partial charge on any atom is 0.224 e. The van der Waals surface area contributed by atoms with Crippen molar-refractivity contribution in [2.45, 2.75) is 26.7 Å². The number of nitrogens with one attached hydrogen (secondary N) is 1. The summed E-state index contributed by atoms with van der Waals surface area (Å²) in [5.74, 6) is -0.892. The van der Waals surface area contributed by atoms with Crippen LogP contribution in [0.25, 0.3) is 0 Å². The number of aryl methyl sites for hydroxylation is 1. The number of anilines is 1. The van der Waals surface area contributed by atoms with Gasteiger partial charge in [0.05, 0.1) is 18.9 Å². The van der Waals surface area contributed by atoms with E-state index < -0.39 is 11.6 Å². The van der Waals surface area contributed by atoms with Crippen LogP contribution in [0.1, 0.15) is 25.8 Å². The number of benzene rings is 2. The fourth-order valence-corrected chi connectivity index (χ4v) is 2.31. The molecule has 0 saturated carbocycles. The molecule has 0 aliphatic carbocycles. The predicted octanol–water partition coefficient (Wildman–Crippen LogP) is 4.33. The van der Waals surface area contributed by atoms with Gasteiger partial charge in [-0.2, -0.15) is 0 Å². The molecule has 0 spiro atoms. The summed E-state index contributed by atoms with van der Waals surface area (Å²) in [6.07, 6.45) is 0.438. The monoisotopic (exact) mass is 349 g/mol. The van der Waals surface area contributed by atoms with Crippen molar-refractivity contribution in [3.05, 3.63) is 53.6 Å². The first-order valence-electron chi connectivity index (χ1n) is 8.17. The second-order valence-electron chi connectivity index (χ2n) is 5.32. The number of ether oxygens (including phenoxy) is 2. The largest absolute Gasteiger partial charge is 0.494 e. The molecular formula is C19H21F2NO3. The Balaban J connectivity index is 2.02. The van der Waals surface area contributed by atoms with Gasteiger partial charge in [0.2, 0.25) is 5.91 Å².